The van der Waals surface area contributed by atoms with Gasteiger partial charge in [0.05, 0.1) is 12.7 Å². The third kappa shape index (κ3) is 1.92. The maximum Gasteiger partial charge on any atom is 0.261 e. The molecule has 0 radical (unpaired) electrons. The highest BCUT2D eigenvalue weighted by molar-refractivity contribution is 9.10. The maximum atomic E-state index is 13.5. The Morgan fingerprint density at radius 1 is 1.56 bits per heavy atom. The standard InChI is InChI=1S/C10H8BrFN2O2/c1-2-16-8-4-9(15)14-5-6(11)3-7(12)10(14)13-8/h3-5H,2H2,1H3. The lowest BCUT2D eigenvalue weighted by atomic mass is 10.4. The van der Waals surface area contributed by atoms with Crippen LogP contribution in [0.25, 0.3) is 5.65 Å². The third-order valence-corrected chi connectivity index (χ3v) is 2.39. The molecule has 2 rings (SSSR count). The van der Waals surface area contributed by atoms with Crippen molar-refractivity contribution in [1.29, 1.82) is 0 Å². The van der Waals surface area contributed by atoms with E-state index in [2.05, 4.69) is 20.9 Å². The Morgan fingerprint density at radius 3 is 3.00 bits per heavy atom. The molecule has 0 spiro atoms. The molecule has 0 aliphatic carbocycles. The number of nitrogens with zero attached hydrogens (tertiary/aromatic N) is 2. The molecule has 0 unspecified atom stereocenters. The molecule has 0 aliphatic heterocycles. The van der Waals surface area contributed by atoms with Crippen molar-refractivity contribution in [2.45, 2.75) is 6.92 Å². The van der Waals surface area contributed by atoms with Crippen LogP contribution in [0.1, 0.15) is 6.92 Å². The number of halogens is 2. The second-order valence-corrected chi connectivity index (χ2v) is 3.98. The van der Waals surface area contributed by atoms with Crippen molar-refractivity contribution >= 4 is 21.6 Å². The molecule has 0 fully saturated rings. The first-order valence-corrected chi connectivity index (χ1v) is 5.42. The molecule has 2 aromatic heterocycles. The summed E-state index contributed by atoms with van der Waals surface area (Å²) >= 11 is 3.11. The number of hydrogen-bond acceptors (Lipinski definition) is 3. The topological polar surface area (TPSA) is 43.6 Å². The van der Waals surface area contributed by atoms with Gasteiger partial charge in [-0.1, -0.05) is 0 Å². The van der Waals surface area contributed by atoms with E-state index in [1.807, 2.05) is 0 Å². The predicted octanol–water partition coefficient (Wildman–Crippen LogP) is 1.99. The minimum atomic E-state index is -0.576. The largest absolute Gasteiger partial charge is 0.478 e. The van der Waals surface area contributed by atoms with E-state index in [1.165, 1.54) is 18.3 Å². The van der Waals surface area contributed by atoms with Crippen LogP contribution in [0.5, 0.6) is 5.88 Å². The van der Waals surface area contributed by atoms with E-state index in [1.54, 1.807) is 6.92 Å². The average molecular weight is 287 g/mol. The van der Waals surface area contributed by atoms with Crippen LogP contribution in [-0.4, -0.2) is 16.0 Å². The van der Waals surface area contributed by atoms with Gasteiger partial charge in [0, 0.05) is 10.7 Å². The molecule has 2 heterocycles. The van der Waals surface area contributed by atoms with E-state index in [0.29, 0.717) is 11.1 Å². The van der Waals surface area contributed by atoms with Crippen molar-refractivity contribution in [3.63, 3.8) is 0 Å². The molecule has 16 heavy (non-hydrogen) atoms. The molecule has 0 saturated heterocycles. The second kappa shape index (κ2) is 4.21. The van der Waals surface area contributed by atoms with Crippen LogP contribution in [-0.2, 0) is 0 Å². The summed E-state index contributed by atoms with van der Waals surface area (Å²) in [7, 11) is 0. The van der Waals surface area contributed by atoms with Crippen molar-refractivity contribution in [3.8, 4) is 5.88 Å². The van der Waals surface area contributed by atoms with Crippen LogP contribution in [0.3, 0.4) is 0 Å². The van der Waals surface area contributed by atoms with Crippen molar-refractivity contribution < 1.29 is 9.13 Å². The van der Waals surface area contributed by atoms with Crippen molar-refractivity contribution in [2.24, 2.45) is 0 Å². The highest BCUT2D eigenvalue weighted by atomic mass is 79.9. The first-order valence-electron chi connectivity index (χ1n) is 4.63. The Hall–Kier alpha value is -1.43. The van der Waals surface area contributed by atoms with Gasteiger partial charge in [-0.05, 0) is 28.9 Å². The molecule has 0 saturated carbocycles. The molecule has 0 amide bonds. The molecular formula is C10H8BrFN2O2. The lowest BCUT2D eigenvalue weighted by Crippen LogP contribution is -2.15. The number of fused-ring (bicyclic) bond motifs is 1. The first-order chi connectivity index (χ1) is 7.61. The summed E-state index contributed by atoms with van der Waals surface area (Å²) in [6.07, 6.45) is 1.46. The molecule has 0 aromatic carbocycles. The van der Waals surface area contributed by atoms with E-state index in [0.717, 1.165) is 4.40 Å². The molecule has 4 nitrogen and oxygen atoms in total. The summed E-state index contributed by atoms with van der Waals surface area (Å²) in [6.45, 7) is 2.14. The summed E-state index contributed by atoms with van der Waals surface area (Å²) in [5.74, 6) is -0.443. The third-order valence-electron chi connectivity index (χ3n) is 1.95. The van der Waals surface area contributed by atoms with Gasteiger partial charge in [0.2, 0.25) is 5.88 Å². The van der Waals surface area contributed by atoms with Gasteiger partial charge in [-0.15, -0.1) is 0 Å². The lowest BCUT2D eigenvalue weighted by Gasteiger charge is -2.05. The van der Waals surface area contributed by atoms with Gasteiger partial charge in [-0.25, -0.2) is 4.39 Å². The zero-order valence-corrected chi connectivity index (χ0v) is 9.99. The molecule has 6 heteroatoms. The number of ether oxygens (including phenoxy) is 1. The van der Waals surface area contributed by atoms with Gasteiger partial charge in [0.25, 0.3) is 5.56 Å². The van der Waals surface area contributed by atoms with Gasteiger partial charge >= 0.3 is 0 Å². The van der Waals surface area contributed by atoms with Crippen molar-refractivity contribution in [1.82, 2.24) is 9.38 Å². The van der Waals surface area contributed by atoms with Crippen molar-refractivity contribution in [2.75, 3.05) is 6.61 Å². The zero-order valence-electron chi connectivity index (χ0n) is 8.41. The van der Waals surface area contributed by atoms with Gasteiger partial charge in [-0.3, -0.25) is 9.20 Å². The van der Waals surface area contributed by atoms with E-state index in [9.17, 15) is 9.18 Å². The quantitative estimate of drug-likeness (QED) is 0.848. The molecule has 0 bridgehead atoms. The highest BCUT2D eigenvalue weighted by Crippen LogP contribution is 2.15. The van der Waals surface area contributed by atoms with Gasteiger partial charge < -0.3 is 4.74 Å². The Bertz CT molecular complexity index is 597. The molecule has 84 valence electrons. The highest BCUT2D eigenvalue weighted by Gasteiger charge is 2.08. The summed E-state index contributed by atoms with van der Waals surface area (Å²) in [4.78, 5) is 15.5. The predicted molar refractivity (Wildman–Crippen MR) is 60.3 cm³/mol. The summed E-state index contributed by atoms with van der Waals surface area (Å²) < 4.78 is 20.2. The minimum Gasteiger partial charge on any atom is -0.478 e. The molecule has 0 aliphatic rings. The van der Waals surface area contributed by atoms with Gasteiger partial charge in [-0.2, -0.15) is 4.98 Å². The van der Waals surface area contributed by atoms with Crippen LogP contribution in [0, 0.1) is 5.82 Å². The molecular weight excluding hydrogens is 279 g/mol. The van der Waals surface area contributed by atoms with E-state index in [-0.39, 0.29) is 17.1 Å². The fourth-order valence-electron chi connectivity index (χ4n) is 1.33. The molecule has 2 aromatic rings. The summed E-state index contributed by atoms with van der Waals surface area (Å²) in [5.41, 5.74) is -0.423. The Morgan fingerprint density at radius 2 is 2.31 bits per heavy atom. The van der Waals surface area contributed by atoms with Crippen LogP contribution < -0.4 is 10.3 Å². The first kappa shape index (κ1) is 11.1. The normalized spacial score (nSPS) is 10.7. The van der Waals surface area contributed by atoms with Crippen LogP contribution in [0.15, 0.2) is 27.6 Å². The lowest BCUT2D eigenvalue weighted by molar-refractivity contribution is 0.326. The number of aromatic nitrogens is 2. The Balaban J connectivity index is 2.77. The number of hydrogen-bond donors (Lipinski definition) is 0. The maximum absolute atomic E-state index is 13.5. The number of rotatable bonds is 2. The monoisotopic (exact) mass is 286 g/mol. The fourth-order valence-corrected chi connectivity index (χ4v) is 1.74. The van der Waals surface area contributed by atoms with Crippen LogP contribution in [0.4, 0.5) is 4.39 Å². The SMILES string of the molecule is CCOc1cc(=O)n2cc(Br)cc(F)c2n1. The minimum absolute atomic E-state index is 0.0425. The average Bonchev–Trinajstić information content (AvgIpc) is 2.20. The van der Waals surface area contributed by atoms with Crippen LogP contribution in [0.2, 0.25) is 0 Å². The van der Waals surface area contributed by atoms with Gasteiger partial charge in [0.15, 0.2) is 11.5 Å². The number of pyridine rings is 1. The van der Waals surface area contributed by atoms with E-state index < -0.39 is 5.82 Å². The zero-order chi connectivity index (χ0) is 11.7. The molecule has 0 atom stereocenters. The Kier molecular flexibility index (Phi) is 2.91. The van der Waals surface area contributed by atoms with E-state index >= 15 is 0 Å². The second-order valence-electron chi connectivity index (χ2n) is 3.07. The summed E-state index contributed by atoms with van der Waals surface area (Å²) in [6, 6.07) is 2.47. The van der Waals surface area contributed by atoms with Crippen molar-refractivity contribution in [3.05, 3.63) is 39.0 Å². The van der Waals surface area contributed by atoms with Crippen LogP contribution >= 0.6 is 15.9 Å². The van der Waals surface area contributed by atoms with E-state index in [4.69, 9.17) is 4.74 Å². The Labute approximate surface area is 98.8 Å². The van der Waals surface area contributed by atoms with Gasteiger partial charge in [0.1, 0.15) is 0 Å². The molecule has 0 N–H and O–H groups in total. The fraction of sp³-hybridized carbons (Fsp3) is 0.200. The smallest absolute Gasteiger partial charge is 0.261 e. The summed E-state index contributed by atoms with van der Waals surface area (Å²) in [5, 5.41) is 0.